The minimum atomic E-state index is -4.09. The van der Waals surface area contributed by atoms with Gasteiger partial charge in [-0.15, -0.1) is 0 Å². The van der Waals surface area contributed by atoms with Gasteiger partial charge < -0.3 is 0 Å². The maximum absolute atomic E-state index is 11.0. The standard InChI is InChI=1S/C13H14O3S.C7H8O3S/c1-3-4-5-6-7-10-9(2)11-8-12(13(10)11)17(14,15)16;1-6-2-4-7(5-3-6)11(8,9)10/h8H,3-5H2,1-2H3,(H,14,15,16);2-5H,1H3,(H,8,9,10). The highest BCUT2D eigenvalue weighted by Gasteiger charge is 2.33. The van der Waals surface area contributed by atoms with Crippen LogP contribution in [0.15, 0.2) is 40.1 Å². The smallest absolute Gasteiger partial charge is 0.282 e. The summed E-state index contributed by atoms with van der Waals surface area (Å²) < 4.78 is 60.6. The molecule has 0 aromatic heterocycles. The van der Waals surface area contributed by atoms with Gasteiger partial charge in [0.1, 0.15) is 4.90 Å². The Morgan fingerprint density at radius 2 is 1.57 bits per heavy atom. The minimum Gasteiger partial charge on any atom is -0.282 e. The molecule has 0 unspecified atom stereocenters. The zero-order chi connectivity index (χ0) is 21.1. The predicted octanol–water partition coefficient (Wildman–Crippen LogP) is 4.01. The van der Waals surface area contributed by atoms with E-state index < -0.39 is 20.2 Å². The summed E-state index contributed by atoms with van der Waals surface area (Å²) in [5, 5.41) is 0. The lowest BCUT2D eigenvalue weighted by Crippen LogP contribution is -2.14. The second kappa shape index (κ2) is 8.45. The predicted molar refractivity (Wildman–Crippen MR) is 107 cm³/mol. The fraction of sp³-hybridized carbons (Fsp3) is 0.300. The molecule has 0 spiro atoms. The van der Waals surface area contributed by atoms with Crippen molar-refractivity contribution in [2.24, 2.45) is 0 Å². The number of rotatable bonds is 4. The second-order valence-corrected chi connectivity index (χ2v) is 9.28. The first-order chi connectivity index (χ1) is 13.0. The lowest BCUT2D eigenvalue weighted by atomic mass is 9.80. The molecule has 0 heterocycles. The molecule has 0 radical (unpaired) electrons. The van der Waals surface area contributed by atoms with Gasteiger partial charge in [-0.1, -0.05) is 42.9 Å². The van der Waals surface area contributed by atoms with E-state index in [1.54, 1.807) is 12.1 Å². The van der Waals surface area contributed by atoms with Crippen molar-refractivity contribution in [2.75, 3.05) is 0 Å². The Bertz CT molecular complexity index is 1150. The van der Waals surface area contributed by atoms with Gasteiger partial charge in [0.05, 0.1) is 4.90 Å². The van der Waals surface area contributed by atoms with Gasteiger partial charge in [0, 0.05) is 17.5 Å². The molecule has 2 aliphatic rings. The summed E-state index contributed by atoms with van der Waals surface area (Å²) in [5.41, 5.74) is 4.28. The van der Waals surface area contributed by atoms with Gasteiger partial charge in [0.15, 0.2) is 0 Å². The Morgan fingerprint density at radius 1 is 0.964 bits per heavy atom. The Hall–Kier alpha value is -2.18. The molecule has 1 aromatic carbocycles. The lowest BCUT2D eigenvalue weighted by molar-refractivity contribution is 0.480. The van der Waals surface area contributed by atoms with Crippen molar-refractivity contribution >= 4 is 20.2 Å². The van der Waals surface area contributed by atoms with E-state index in [4.69, 9.17) is 9.11 Å². The van der Waals surface area contributed by atoms with Crippen LogP contribution in [0, 0.1) is 25.7 Å². The van der Waals surface area contributed by atoms with E-state index in [-0.39, 0.29) is 9.79 Å². The summed E-state index contributed by atoms with van der Waals surface area (Å²) in [5.74, 6) is 6.02. The third-order valence-corrected chi connectivity index (χ3v) is 6.03. The number of benzene rings is 2. The number of fused-ring (bicyclic) bond motifs is 1. The number of hydrogen-bond acceptors (Lipinski definition) is 4. The third-order valence-electron chi connectivity index (χ3n) is 4.29. The topological polar surface area (TPSA) is 109 Å². The molecule has 0 saturated carbocycles. The second-order valence-electron chi connectivity index (χ2n) is 6.47. The van der Waals surface area contributed by atoms with E-state index in [9.17, 15) is 16.8 Å². The Morgan fingerprint density at radius 3 is 2.07 bits per heavy atom. The van der Waals surface area contributed by atoms with Crippen molar-refractivity contribution in [1.29, 1.82) is 0 Å². The van der Waals surface area contributed by atoms with Gasteiger partial charge in [-0.2, -0.15) is 16.8 Å². The van der Waals surface area contributed by atoms with E-state index in [0.29, 0.717) is 5.56 Å². The van der Waals surface area contributed by atoms with Gasteiger partial charge in [0.2, 0.25) is 0 Å². The van der Waals surface area contributed by atoms with Gasteiger partial charge in [-0.05, 0) is 49.6 Å². The van der Waals surface area contributed by atoms with Crippen LogP contribution in [-0.2, 0) is 20.2 Å². The molecule has 8 heteroatoms. The first kappa shape index (κ1) is 22.1. The molecule has 0 amide bonds. The SMILES string of the molecule is CCCCC#Cc1c(C)c2cc(S(=O)(=O)O)c1-2.Cc1ccc(S(=O)(=O)O)cc1. The largest absolute Gasteiger partial charge is 0.295 e. The Balaban J connectivity index is 0.000000221. The molecule has 0 saturated heterocycles. The van der Waals surface area contributed by atoms with E-state index in [1.165, 1.54) is 18.2 Å². The van der Waals surface area contributed by atoms with E-state index >= 15 is 0 Å². The molecule has 0 atom stereocenters. The zero-order valence-electron chi connectivity index (χ0n) is 15.9. The average Bonchev–Trinajstić information content (AvgIpc) is 2.55. The first-order valence-electron chi connectivity index (χ1n) is 8.65. The highest BCUT2D eigenvalue weighted by molar-refractivity contribution is 7.86. The van der Waals surface area contributed by atoms with Crippen molar-refractivity contribution < 1.29 is 25.9 Å². The first-order valence-corrected chi connectivity index (χ1v) is 11.5. The minimum absolute atomic E-state index is 0.0119. The summed E-state index contributed by atoms with van der Waals surface area (Å²) >= 11 is 0. The van der Waals surface area contributed by atoms with Crippen LogP contribution in [0.1, 0.15) is 42.9 Å². The molecule has 28 heavy (non-hydrogen) atoms. The normalized spacial score (nSPS) is 11.8. The van der Waals surface area contributed by atoms with Crippen LogP contribution >= 0.6 is 0 Å². The number of hydrogen-bond donors (Lipinski definition) is 2. The molecule has 3 rings (SSSR count). The quantitative estimate of drug-likeness (QED) is 0.374. The van der Waals surface area contributed by atoms with Crippen LogP contribution in [0.25, 0.3) is 11.1 Å². The molecular formula is C20H22O6S2. The molecule has 2 N–H and O–H groups in total. The van der Waals surface area contributed by atoms with Crippen LogP contribution in [-0.4, -0.2) is 25.9 Å². The summed E-state index contributed by atoms with van der Waals surface area (Å²) in [6, 6.07) is 7.48. The van der Waals surface area contributed by atoms with Crippen LogP contribution in [0.2, 0.25) is 0 Å². The van der Waals surface area contributed by atoms with Crippen molar-refractivity contribution in [3.8, 4) is 23.0 Å². The summed E-state index contributed by atoms with van der Waals surface area (Å²) in [6.07, 6.45) is 2.96. The number of unbranched alkanes of at least 4 members (excludes halogenated alkanes) is 2. The maximum Gasteiger partial charge on any atom is 0.295 e. The Labute approximate surface area is 166 Å². The van der Waals surface area contributed by atoms with Gasteiger partial charge in [-0.3, -0.25) is 9.11 Å². The van der Waals surface area contributed by atoms with Crippen LogP contribution in [0.4, 0.5) is 0 Å². The molecule has 0 fully saturated rings. The highest BCUT2D eigenvalue weighted by atomic mass is 32.2. The Kier molecular flexibility index (Phi) is 6.67. The third kappa shape index (κ3) is 5.00. The van der Waals surface area contributed by atoms with Gasteiger partial charge in [0.25, 0.3) is 20.2 Å². The highest BCUT2D eigenvalue weighted by Crippen LogP contribution is 2.47. The maximum atomic E-state index is 11.0. The van der Waals surface area contributed by atoms with Gasteiger partial charge in [-0.25, -0.2) is 0 Å². The molecule has 1 aromatic rings. The van der Waals surface area contributed by atoms with E-state index in [2.05, 4.69) is 18.8 Å². The monoisotopic (exact) mass is 422 g/mol. The van der Waals surface area contributed by atoms with E-state index in [0.717, 1.165) is 41.5 Å². The van der Waals surface area contributed by atoms with E-state index in [1.807, 2.05) is 13.8 Å². The molecule has 6 nitrogen and oxygen atoms in total. The fourth-order valence-electron chi connectivity index (χ4n) is 2.63. The number of aryl methyl sites for hydroxylation is 1. The molecule has 150 valence electrons. The zero-order valence-corrected chi connectivity index (χ0v) is 17.5. The van der Waals surface area contributed by atoms with Crippen molar-refractivity contribution in [2.45, 2.75) is 49.8 Å². The van der Waals surface area contributed by atoms with Gasteiger partial charge >= 0.3 is 0 Å². The van der Waals surface area contributed by atoms with Crippen molar-refractivity contribution in [1.82, 2.24) is 0 Å². The summed E-state index contributed by atoms with van der Waals surface area (Å²) in [4.78, 5) is -0.0546. The van der Waals surface area contributed by atoms with Crippen LogP contribution < -0.4 is 0 Å². The summed E-state index contributed by atoms with van der Waals surface area (Å²) in [7, 11) is -8.11. The van der Waals surface area contributed by atoms with Crippen LogP contribution in [0.3, 0.4) is 0 Å². The molecular weight excluding hydrogens is 400 g/mol. The fourth-order valence-corrected chi connectivity index (χ4v) is 3.85. The molecule has 0 bridgehead atoms. The summed E-state index contributed by atoms with van der Waals surface area (Å²) in [6.45, 7) is 5.86. The molecule has 0 aliphatic heterocycles. The van der Waals surface area contributed by atoms with Crippen LogP contribution in [0.5, 0.6) is 0 Å². The average molecular weight is 423 g/mol. The molecule has 2 aliphatic carbocycles. The van der Waals surface area contributed by atoms with Crippen molar-refractivity contribution in [3.05, 3.63) is 47.0 Å². The van der Waals surface area contributed by atoms with Crippen molar-refractivity contribution in [3.63, 3.8) is 0 Å². The lowest BCUT2D eigenvalue weighted by Gasteiger charge is -2.26.